The minimum absolute atomic E-state index is 0.0966. The Morgan fingerprint density at radius 3 is 3.00 bits per heavy atom. The molecule has 0 bridgehead atoms. The van der Waals surface area contributed by atoms with E-state index in [9.17, 15) is 9.18 Å². The zero-order chi connectivity index (χ0) is 9.14. The van der Waals surface area contributed by atoms with Crippen molar-refractivity contribution in [2.45, 2.75) is 13.3 Å². The molecule has 0 saturated carbocycles. The Balaban J connectivity index is 3.13. The minimum Gasteiger partial charge on any atom is -0.294 e. The van der Waals surface area contributed by atoms with E-state index in [4.69, 9.17) is 0 Å². The van der Waals surface area contributed by atoms with Gasteiger partial charge in [-0.25, -0.2) is 9.37 Å². The maximum Gasteiger partial charge on any atom is 0.165 e. The molecule has 1 aromatic heterocycles. The second kappa shape index (κ2) is 3.76. The maximum atomic E-state index is 12.9. The Morgan fingerprint density at radius 1 is 1.75 bits per heavy atom. The first-order valence-electron chi connectivity index (χ1n) is 3.49. The lowest BCUT2D eigenvalue weighted by Crippen LogP contribution is -2.01. The number of hydrogen-bond donors (Lipinski definition) is 0. The Morgan fingerprint density at radius 2 is 2.42 bits per heavy atom. The molecular weight excluding hydrogens is 225 g/mol. The SMILES string of the molecule is CCC(=O)c1cc(Br)ncc1F. The molecule has 0 fully saturated rings. The average Bonchev–Trinajstić information content (AvgIpc) is 2.08. The lowest BCUT2D eigenvalue weighted by atomic mass is 10.1. The lowest BCUT2D eigenvalue weighted by Gasteiger charge is -1.99. The van der Waals surface area contributed by atoms with Gasteiger partial charge in [0.25, 0.3) is 0 Å². The van der Waals surface area contributed by atoms with Gasteiger partial charge in [0.2, 0.25) is 0 Å². The highest BCUT2D eigenvalue weighted by Gasteiger charge is 2.10. The van der Waals surface area contributed by atoms with Gasteiger partial charge in [0.05, 0.1) is 11.8 Å². The molecule has 1 rings (SSSR count). The Kier molecular flexibility index (Phi) is 2.92. The number of Topliss-reactive ketones (excluding diaryl/α,β-unsaturated/α-hetero) is 1. The highest BCUT2D eigenvalue weighted by Crippen LogP contribution is 2.13. The third-order valence-corrected chi connectivity index (χ3v) is 1.88. The predicted molar refractivity (Wildman–Crippen MR) is 46.5 cm³/mol. The summed E-state index contributed by atoms with van der Waals surface area (Å²) in [4.78, 5) is 14.7. The van der Waals surface area contributed by atoms with Crippen molar-refractivity contribution in [3.05, 3.63) is 28.2 Å². The van der Waals surface area contributed by atoms with Crippen molar-refractivity contribution in [2.75, 3.05) is 0 Å². The van der Waals surface area contributed by atoms with Crippen molar-refractivity contribution in [1.29, 1.82) is 0 Å². The normalized spacial score (nSPS) is 9.92. The number of halogens is 2. The molecule has 0 spiro atoms. The standard InChI is InChI=1S/C8H7BrFNO/c1-2-7(12)5-3-8(9)11-4-6(5)10/h3-4H,2H2,1H3. The zero-order valence-corrected chi connectivity index (χ0v) is 8.06. The minimum atomic E-state index is -0.565. The smallest absolute Gasteiger partial charge is 0.165 e. The highest BCUT2D eigenvalue weighted by molar-refractivity contribution is 9.10. The molecule has 0 atom stereocenters. The molecule has 0 unspecified atom stereocenters. The van der Waals surface area contributed by atoms with Crippen LogP contribution in [0.5, 0.6) is 0 Å². The van der Waals surface area contributed by atoms with Crippen LogP contribution in [0.4, 0.5) is 4.39 Å². The molecule has 4 heteroatoms. The van der Waals surface area contributed by atoms with Crippen LogP contribution in [0.25, 0.3) is 0 Å². The number of carbonyl (C=O) groups is 1. The van der Waals surface area contributed by atoms with Crippen molar-refractivity contribution >= 4 is 21.7 Å². The summed E-state index contributed by atoms with van der Waals surface area (Å²) in [5.41, 5.74) is 0.0966. The number of hydrogen-bond acceptors (Lipinski definition) is 2. The van der Waals surface area contributed by atoms with Gasteiger partial charge < -0.3 is 0 Å². The van der Waals surface area contributed by atoms with E-state index in [0.29, 0.717) is 11.0 Å². The number of carbonyl (C=O) groups excluding carboxylic acids is 1. The van der Waals surface area contributed by atoms with E-state index in [1.54, 1.807) is 6.92 Å². The molecule has 0 amide bonds. The largest absolute Gasteiger partial charge is 0.294 e. The Labute approximate surface area is 77.9 Å². The van der Waals surface area contributed by atoms with Crippen LogP contribution in [0, 0.1) is 5.82 Å². The third kappa shape index (κ3) is 1.88. The van der Waals surface area contributed by atoms with Crippen LogP contribution >= 0.6 is 15.9 Å². The van der Waals surface area contributed by atoms with Crippen molar-refractivity contribution in [3.8, 4) is 0 Å². The van der Waals surface area contributed by atoms with E-state index in [2.05, 4.69) is 20.9 Å². The number of nitrogens with zero attached hydrogens (tertiary/aromatic N) is 1. The fraction of sp³-hybridized carbons (Fsp3) is 0.250. The summed E-state index contributed by atoms with van der Waals surface area (Å²) in [6, 6.07) is 1.39. The van der Waals surface area contributed by atoms with Crippen LogP contribution in [0.2, 0.25) is 0 Å². The van der Waals surface area contributed by atoms with Crippen LogP contribution in [0.15, 0.2) is 16.9 Å². The fourth-order valence-corrected chi connectivity index (χ4v) is 1.15. The molecular formula is C8H7BrFNO. The van der Waals surface area contributed by atoms with Gasteiger partial charge in [-0.15, -0.1) is 0 Å². The van der Waals surface area contributed by atoms with Crippen molar-refractivity contribution in [3.63, 3.8) is 0 Å². The molecule has 0 aliphatic heterocycles. The molecule has 2 nitrogen and oxygen atoms in total. The first-order valence-corrected chi connectivity index (χ1v) is 4.28. The average molecular weight is 232 g/mol. The van der Waals surface area contributed by atoms with E-state index in [1.807, 2.05) is 0 Å². The molecule has 0 aromatic carbocycles. The number of rotatable bonds is 2. The molecule has 0 radical (unpaired) electrons. The van der Waals surface area contributed by atoms with Gasteiger partial charge >= 0.3 is 0 Å². The summed E-state index contributed by atoms with van der Waals surface area (Å²) in [5, 5.41) is 0. The summed E-state index contributed by atoms with van der Waals surface area (Å²) in [6.07, 6.45) is 1.33. The predicted octanol–water partition coefficient (Wildman–Crippen LogP) is 2.58. The van der Waals surface area contributed by atoms with Crippen molar-refractivity contribution < 1.29 is 9.18 Å². The first-order chi connectivity index (χ1) is 5.65. The van der Waals surface area contributed by atoms with Crippen LogP contribution in [-0.2, 0) is 0 Å². The van der Waals surface area contributed by atoms with Crippen LogP contribution < -0.4 is 0 Å². The number of aromatic nitrogens is 1. The molecule has 12 heavy (non-hydrogen) atoms. The van der Waals surface area contributed by atoms with Gasteiger partial charge in [0.1, 0.15) is 4.60 Å². The Bertz CT molecular complexity index is 314. The molecule has 64 valence electrons. The fourth-order valence-electron chi connectivity index (χ4n) is 0.817. The number of pyridine rings is 1. The van der Waals surface area contributed by atoms with Crippen molar-refractivity contribution in [2.24, 2.45) is 0 Å². The first kappa shape index (κ1) is 9.32. The van der Waals surface area contributed by atoms with Gasteiger partial charge in [0.15, 0.2) is 11.6 Å². The third-order valence-electron chi connectivity index (χ3n) is 1.44. The molecule has 0 saturated heterocycles. The molecule has 1 heterocycles. The summed E-state index contributed by atoms with van der Waals surface area (Å²) < 4.78 is 13.4. The monoisotopic (exact) mass is 231 g/mol. The van der Waals surface area contributed by atoms with Gasteiger partial charge in [0, 0.05) is 6.42 Å². The quantitative estimate of drug-likeness (QED) is 0.579. The maximum absolute atomic E-state index is 12.9. The van der Waals surface area contributed by atoms with E-state index >= 15 is 0 Å². The second-order valence-electron chi connectivity index (χ2n) is 2.26. The van der Waals surface area contributed by atoms with Gasteiger partial charge in [-0.2, -0.15) is 0 Å². The van der Waals surface area contributed by atoms with Gasteiger partial charge in [-0.05, 0) is 22.0 Å². The van der Waals surface area contributed by atoms with Crippen molar-refractivity contribution in [1.82, 2.24) is 4.98 Å². The highest BCUT2D eigenvalue weighted by atomic mass is 79.9. The zero-order valence-electron chi connectivity index (χ0n) is 6.47. The molecule has 0 N–H and O–H groups in total. The van der Waals surface area contributed by atoms with E-state index in [-0.39, 0.29) is 11.3 Å². The number of ketones is 1. The summed E-state index contributed by atoms with van der Waals surface area (Å²) in [6.45, 7) is 1.69. The molecule has 0 aliphatic carbocycles. The topological polar surface area (TPSA) is 30.0 Å². The summed E-state index contributed by atoms with van der Waals surface area (Å²) in [5.74, 6) is -0.777. The molecule has 0 aliphatic rings. The van der Waals surface area contributed by atoms with Crippen LogP contribution in [-0.4, -0.2) is 10.8 Å². The lowest BCUT2D eigenvalue weighted by molar-refractivity contribution is 0.0984. The Hall–Kier alpha value is -0.770. The van der Waals surface area contributed by atoms with Crippen LogP contribution in [0.3, 0.4) is 0 Å². The van der Waals surface area contributed by atoms with Crippen LogP contribution in [0.1, 0.15) is 23.7 Å². The summed E-state index contributed by atoms with van der Waals surface area (Å²) in [7, 11) is 0. The van der Waals surface area contributed by atoms with Gasteiger partial charge in [-0.3, -0.25) is 4.79 Å². The second-order valence-corrected chi connectivity index (χ2v) is 3.08. The van der Waals surface area contributed by atoms with Gasteiger partial charge in [-0.1, -0.05) is 6.92 Å². The van der Waals surface area contributed by atoms with E-state index in [1.165, 1.54) is 6.07 Å². The molecule has 1 aromatic rings. The summed E-state index contributed by atoms with van der Waals surface area (Å²) >= 11 is 3.06. The van der Waals surface area contributed by atoms with E-state index in [0.717, 1.165) is 6.20 Å². The van der Waals surface area contributed by atoms with E-state index < -0.39 is 5.82 Å².